The number of carbonyl (C=O) groups excluding carboxylic acids is 1. The Labute approximate surface area is 167 Å². The number of alkyl halides is 15. The molecule has 0 saturated carbocycles. The van der Waals surface area contributed by atoms with Gasteiger partial charge in [0.25, 0.3) is 0 Å². The van der Waals surface area contributed by atoms with Crippen molar-refractivity contribution < 1.29 is 80.5 Å². The highest BCUT2D eigenvalue weighted by Crippen LogP contribution is 2.64. The van der Waals surface area contributed by atoms with Gasteiger partial charge in [0.15, 0.2) is 0 Å². The number of hydrogen-bond donors (Lipinski definition) is 1. The highest BCUT2D eigenvalue weighted by atomic mass is 19.4. The summed E-state index contributed by atoms with van der Waals surface area (Å²) in [7, 11) is 0. The molecule has 1 unspecified atom stereocenters. The van der Waals surface area contributed by atoms with Crippen molar-refractivity contribution in [2.45, 2.75) is 61.2 Å². The second-order valence-electron chi connectivity index (χ2n) is 6.28. The van der Waals surface area contributed by atoms with Crippen molar-refractivity contribution in [1.29, 1.82) is 0 Å². The molecule has 0 aromatic rings. The summed E-state index contributed by atoms with van der Waals surface area (Å²) >= 11 is 0. The van der Waals surface area contributed by atoms with Crippen LogP contribution in [0, 0.1) is 0 Å². The van der Waals surface area contributed by atoms with Gasteiger partial charge in [-0.05, 0) is 6.92 Å². The first-order chi connectivity index (χ1) is 13.8. The molecule has 0 rings (SSSR count). The average Bonchev–Trinajstić information content (AvgIpc) is 2.57. The highest BCUT2D eigenvalue weighted by molar-refractivity contribution is 5.87. The molecular weight excluding hydrogens is 501 g/mol. The van der Waals surface area contributed by atoms with Crippen LogP contribution in [0.4, 0.5) is 65.9 Å². The van der Waals surface area contributed by atoms with Gasteiger partial charge < -0.3 is 9.84 Å². The van der Waals surface area contributed by atoms with E-state index in [1.54, 1.807) is 0 Å². The van der Waals surface area contributed by atoms with Crippen LogP contribution in [-0.4, -0.2) is 65.5 Å². The van der Waals surface area contributed by atoms with Crippen molar-refractivity contribution in [1.82, 2.24) is 0 Å². The monoisotopic (exact) mass is 512 g/mol. The summed E-state index contributed by atoms with van der Waals surface area (Å²) in [6, 6.07) is 0. The van der Waals surface area contributed by atoms with E-state index in [2.05, 4.69) is 11.3 Å². The van der Waals surface area contributed by atoms with Crippen LogP contribution in [0.2, 0.25) is 0 Å². The van der Waals surface area contributed by atoms with Crippen LogP contribution in [0.1, 0.15) is 13.3 Å². The summed E-state index contributed by atoms with van der Waals surface area (Å²) < 4.78 is 200. The lowest BCUT2D eigenvalue weighted by molar-refractivity contribution is -0.457. The molecule has 18 heteroatoms. The van der Waals surface area contributed by atoms with Crippen LogP contribution in [0.3, 0.4) is 0 Å². The van der Waals surface area contributed by atoms with Crippen molar-refractivity contribution in [3.8, 4) is 0 Å². The summed E-state index contributed by atoms with van der Waals surface area (Å²) in [5.74, 6) is -33.1. The fraction of sp³-hybridized carbons (Fsp3) is 0.786. The Hall–Kier alpha value is -1.88. The third kappa shape index (κ3) is 4.59. The van der Waals surface area contributed by atoms with Crippen molar-refractivity contribution in [2.75, 3.05) is 6.61 Å². The van der Waals surface area contributed by atoms with Gasteiger partial charge in [0.05, 0.1) is 13.0 Å². The van der Waals surface area contributed by atoms with Crippen LogP contribution in [0.5, 0.6) is 0 Å². The zero-order valence-corrected chi connectivity index (χ0v) is 15.1. The predicted molar refractivity (Wildman–Crippen MR) is 72.1 cm³/mol. The lowest BCUT2D eigenvalue weighted by Gasteiger charge is -2.43. The minimum atomic E-state index is -8.54. The standard InChI is InChI=1S/C14H11F15O3/c1-5(2)7(31)32-6(4-30)3-8(15,16)10(18,19)12(22,23)11(20,21)9(17,13(24,25)26)14(27,28)29/h6,30H,1,3-4H2,2H3. The third-order valence-corrected chi connectivity index (χ3v) is 3.77. The van der Waals surface area contributed by atoms with Gasteiger partial charge in [-0.3, -0.25) is 0 Å². The normalized spacial score (nSPS) is 16.0. The molecule has 1 N–H and O–H groups in total. The average molecular weight is 512 g/mol. The van der Waals surface area contributed by atoms with Crippen molar-refractivity contribution in [3.63, 3.8) is 0 Å². The van der Waals surface area contributed by atoms with Crippen molar-refractivity contribution in [3.05, 3.63) is 12.2 Å². The van der Waals surface area contributed by atoms with Crippen molar-refractivity contribution >= 4 is 5.97 Å². The van der Waals surface area contributed by atoms with Gasteiger partial charge in [0, 0.05) is 5.57 Å². The molecule has 0 spiro atoms. The molecule has 0 aliphatic rings. The minimum Gasteiger partial charge on any atom is -0.456 e. The molecule has 32 heavy (non-hydrogen) atoms. The number of aliphatic hydroxyl groups is 1. The number of hydrogen-bond acceptors (Lipinski definition) is 3. The summed E-state index contributed by atoms with van der Waals surface area (Å²) in [6.45, 7) is 1.82. The lowest BCUT2D eigenvalue weighted by atomic mass is 9.85. The van der Waals surface area contributed by atoms with E-state index < -0.39 is 72.4 Å². The van der Waals surface area contributed by atoms with Gasteiger partial charge in [0.2, 0.25) is 0 Å². The van der Waals surface area contributed by atoms with E-state index in [0.29, 0.717) is 0 Å². The maximum Gasteiger partial charge on any atom is 0.438 e. The molecule has 0 radical (unpaired) electrons. The SMILES string of the molecule is C=C(C)C(=O)OC(CO)CC(F)(F)C(F)(F)C(F)(F)C(F)(F)C(F)(C(F)(F)F)C(F)(F)F. The van der Waals surface area contributed by atoms with E-state index in [1.165, 1.54) is 0 Å². The van der Waals surface area contributed by atoms with Crippen LogP contribution < -0.4 is 0 Å². The Bertz CT molecular complexity index is 693. The quantitative estimate of drug-likeness (QED) is 0.262. The molecule has 0 fully saturated rings. The maximum absolute atomic E-state index is 13.7. The van der Waals surface area contributed by atoms with E-state index in [0.717, 1.165) is 6.92 Å². The molecule has 0 aromatic heterocycles. The maximum atomic E-state index is 13.7. The fourth-order valence-electron chi connectivity index (χ4n) is 1.97. The Morgan fingerprint density at radius 2 is 1.16 bits per heavy atom. The molecule has 0 bridgehead atoms. The molecule has 0 saturated heterocycles. The summed E-state index contributed by atoms with van der Waals surface area (Å²) in [4.78, 5) is 11.1. The second-order valence-corrected chi connectivity index (χ2v) is 6.28. The molecular formula is C14H11F15O3. The zero-order valence-electron chi connectivity index (χ0n) is 15.1. The zero-order chi connectivity index (χ0) is 26.4. The van der Waals surface area contributed by atoms with E-state index in [-0.39, 0.29) is 0 Å². The van der Waals surface area contributed by atoms with Crippen LogP contribution in [0.25, 0.3) is 0 Å². The van der Waals surface area contributed by atoms with Gasteiger partial charge in [-0.2, -0.15) is 61.5 Å². The van der Waals surface area contributed by atoms with Gasteiger partial charge in [-0.25, -0.2) is 9.18 Å². The minimum absolute atomic E-state index is 0.645. The molecule has 190 valence electrons. The summed E-state index contributed by atoms with van der Waals surface area (Å²) in [6.07, 6.45) is -21.9. The van der Waals surface area contributed by atoms with E-state index in [4.69, 9.17) is 5.11 Å². The molecule has 0 aliphatic carbocycles. The number of carbonyl (C=O) groups is 1. The van der Waals surface area contributed by atoms with E-state index >= 15 is 0 Å². The van der Waals surface area contributed by atoms with Gasteiger partial charge in [-0.15, -0.1) is 0 Å². The fourth-order valence-corrected chi connectivity index (χ4v) is 1.97. The first kappa shape index (κ1) is 30.1. The van der Waals surface area contributed by atoms with Crippen molar-refractivity contribution in [2.24, 2.45) is 0 Å². The van der Waals surface area contributed by atoms with Crippen LogP contribution >= 0.6 is 0 Å². The molecule has 0 aliphatic heterocycles. The number of esters is 1. The first-order valence-corrected chi connectivity index (χ1v) is 7.57. The summed E-state index contributed by atoms with van der Waals surface area (Å²) in [5, 5.41) is 8.71. The molecule has 0 aromatic carbocycles. The van der Waals surface area contributed by atoms with Crippen LogP contribution in [-0.2, 0) is 9.53 Å². The molecule has 3 nitrogen and oxygen atoms in total. The summed E-state index contributed by atoms with van der Waals surface area (Å²) in [5.41, 5.74) is -9.04. The van der Waals surface area contributed by atoms with Gasteiger partial charge >= 0.3 is 47.7 Å². The van der Waals surface area contributed by atoms with Gasteiger partial charge in [-0.1, -0.05) is 6.58 Å². The number of halogens is 15. The number of aliphatic hydroxyl groups excluding tert-OH is 1. The molecule has 1 atom stereocenters. The van der Waals surface area contributed by atoms with E-state index in [1.807, 2.05) is 0 Å². The second kappa shape index (κ2) is 8.48. The number of rotatable bonds is 9. The Kier molecular flexibility index (Phi) is 7.98. The first-order valence-electron chi connectivity index (χ1n) is 7.57. The largest absolute Gasteiger partial charge is 0.456 e. The molecule has 0 heterocycles. The highest BCUT2D eigenvalue weighted by Gasteiger charge is 2.95. The third-order valence-electron chi connectivity index (χ3n) is 3.77. The predicted octanol–water partition coefficient (Wildman–Crippen LogP) is 5.23. The van der Waals surface area contributed by atoms with Gasteiger partial charge in [0.1, 0.15) is 6.10 Å². The Morgan fingerprint density at radius 3 is 1.44 bits per heavy atom. The lowest BCUT2D eigenvalue weighted by Crippen LogP contribution is -2.75. The smallest absolute Gasteiger partial charge is 0.438 e. The Morgan fingerprint density at radius 1 is 0.781 bits per heavy atom. The Balaban J connectivity index is 6.51. The van der Waals surface area contributed by atoms with E-state index in [9.17, 15) is 70.7 Å². The topological polar surface area (TPSA) is 46.5 Å². The van der Waals surface area contributed by atoms with Crippen LogP contribution in [0.15, 0.2) is 12.2 Å². The number of ether oxygens (including phenoxy) is 1. The molecule has 0 amide bonds.